The number of urea groups is 1. The summed E-state index contributed by atoms with van der Waals surface area (Å²) in [5, 5.41) is 10.7. The molecule has 11 heteroatoms. The van der Waals surface area contributed by atoms with Crippen LogP contribution in [-0.4, -0.2) is 77.5 Å². The second-order valence-corrected chi connectivity index (χ2v) is 13.7. The van der Waals surface area contributed by atoms with Gasteiger partial charge in [-0.25, -0.2) is 4.79 Å². The lowest BCUT2D eigenvalue weighted by Crippen LogP contribution is -2.61. The molecule has 1 rings (SSSR count). The van der Waals surface area contributed by atoms with Crippen LogP contribution in [0, 0.1) is 29.1 Å². The Morgan fingerprint density at radius 1 is 0.953 bits per heavy atom. The molecule has 0 aliphatic carbocycles. The van der Waals surface area contributed by atoms with E-state index in [0.717, 1.165) is 0 Å². The molecule has 1 saturated heterocycles. The lowest BCUT2D eigenvalue weighted by Gasteiger charge is -2.36. The maximum Gasteiger partial charge on any atom is 0.316 e. The van der Waals surface area contributed by atoms with E-state index in [1.807, 2.05) is 55.4 Å². The second-order valence-electron chi connectivity index (χ2n) is 13.7. The summed E-state index contributed by atoms with van der Waals surface area (Å²) in [6, 6.07) is -4.28. The molecule has 5 atom stereocenters. The molecule has 1 aliphatic heterocycles. The normalized spacial score (nSPS) is 19.0. The Labute approximate surface area is 257 Å². The van der Waals surface area contributed by atoms with Crippen LogP contribution in [0.25, 0.3) is 0 Å². The van der Waals surface area contributed by atoms with Crippen molar-refractivity contribution in [3.63, 3.8) is 0 Å². The van der Waals surface area contributed by atoms with Crippen LogP contribution in [0.5, 0.6) is 0 Å². The zero-order valence-electron chi connectivity index (χ0n) is 27.8. The van der Waals surface area contributed by atoms with Gasteiger partial charge in [-0.05, 0) is 36.0 Å². The van der Waals surface area contributed by atoms with Crippen molar-refractivity contribution in [3.05, 3.63) is 12.7 Å². The van der Waals surface area contributed by atoms with E-state index in [9.17, 15) is 28.8 Å². The average Bonchev–Trinajstić information content (AvgIpc) is 3.37. The van der Waals surface area contributed by atoms with E-state index in [0.29, 0.717) is 19.4 Å². The van der Waals surface area contributed by atoms with Crippen molar-refractivity contribution in [3.8, 4) is 0 Å². The van der Waals surface area contributed by atoms with Gasteiger partial charge in [0.15, 0.2) is 5.78 Å². The fourth-order valence-corrected chi connectivity index (χ4v) is 5.13. The highest BCUT2D eigenvalue weighted by Crippen LogP contribution is 2.32. The molecular formula is C32H55N5O6. The standard InChI is InChI=1S/C32H55N5O6/c1-12-14-22(26(39)29(41)33-15-13-2)34-28(40)23-16-21(18(3)4)17-37(23)30(42)27(32(9,10)11)36-31(43)35-24(19(5)6)25(38)20(7)8/h13,18-24,27H,2,12,14-17H2,1,3-11H3,(H,33,41)(H,34,40)(H2,35,36,43)/t21-,22?,23+,24+,27-/m1/s1. The molecule has 0 saturated carbocycles. The van der Waals surface area contributed by atoms with Gasteiger partial charge in [0.1, 0.15) is 12.1 Å². The smallest absolute Gasteiger partial charge is 0.316 e. The molecule has 0 spiro atoms. The lowest BCUT2D eigenvalue weighted by molar-refractivity contribution is -0.143. The van der Waals surface area contributed by atoms with Gasteiger partial charge < -0.3 is 26.2 Å². The Morgan fingerprint density at radius 3 is 2.02 bits per heavy atom. The third kappa shape index (κ3) is 10.8. The summed E-state index contributed by atoms with van der Waals surface area (Å²) in [5.74, 6) is -2.85. The first-order chi connectivity index (χ1) is 19.9. The van der Waals surface area contributed by atoms with E-state index in [-0.39, 0.29) is 42.4 Å². The summed E-state index contributed by atoms with van der Waals surface area (Å²) in [6.45, 7) is 22.5. The second kappa shape index (κ2) is 16.6. The number of amides is 5. The number of Topliss-reactive ketones (excluding diaryl/α,β-unsaturated/α-hetero) is 2. The van der Waals surface area contributed by atoms with Crippen molar-refractivity contribution in [2.24, 2.45) is 29.1 Å². The minimum atomic E-state index is -1.04. The number of nitrogens with one attached hydrogen (secondary N) is 4. The van der Waals surface area contributed by atoms with E-state index in [4.69, 9.17) is 0 Å². The predicted octanol–water partition coefficient (Wildman–Crippen LogP) is 2.98. The molecular weight excluding hydrogens is 550 g/mol. The molecule has 11 nitrogen and oxygen atoms in total. The molecule has 0 aromatic carbocycles. The molecule has 1 aliphatic rings. The number of hydrogen-bond acceptors (Lipinski definition) is 6. The molecule has 0 aromatic rings. The lowest BCUT2D eigenvalue weighted by atomic mass is 9.85. The summed E-state index contributed by atoms with van der Waals surface area (Å²) in [6.07, 6.45) is 2.65. The number of hydrogen-bond donors (Lipinski definition) is 4. The van der Waals surface area contributed by atoms with Crippen molar-refractivity contribution < 1.29 is 28.8 Å². The van der Waals surface area contributed by atoms with Crippen molar-refractivity contribution in [1.29, 1.82) is 0 Å². The highest BCUT2D eigenvalue weighted by atomic mass is 16.2. The summed E-state index contributed by atoms with van der Waals surface area (Å²) >= 11 is 0. The number of rotatable bonds is 15. The predicted molar refractivity (Wildman–Crippen MR) is 167 cm³/mol. The topological polar surface area (TPSA) is 154 Å². The Balaban J connectivity index is 3.29. The van der Waals surface area contributed by atoms with Crippen molar-refractivity contribution >= 4 is 35.3 Å². The first-order valence-electron chi connectivity index (χ1n) is 15.5. The minimum absolute atomic E-state index is 0.0133. The molecule has 0 bridgehead atoms. The Hall–Kier alpha value is -3.24. The van der Waals surface area contributed by atoms with Crippen LogP contribution >= 0.6 is 0 Å². The number of carbonyl (C=O) groups is 6. The van der Waals surface area contributed by atoms with Crippen LogP contribution in [0.3, 0.4) is 0 Å². The van der Waals surface area contributed by atoms with Crippen LogP contribution < -0.4 is 21.3 Å². The summed E-state index contributed by atoms with van der Waals surface area (Å²) in [4.78, 5) is 80.4. The Kier molecular flexibility index (Phi) is 14.6. The molecule has 1 fully saturated rings. The maximum absolute atomic E-state index is 14.1. The zero-order valence-corrected chi connectivity index (χ0v) is 27.8. The molecule has 5 amide bonds. The summed E-state index contributed by atoms with van der Waals surface area (Å²) < 4.78 is 0. The van der Waals surface area contributed by atoms with Gasteiger partial charge in [0, 0.05) is 19.0 Å². The third-order valence-corrected chi connectivity index (χ3v) is 7.92. The number of nitrogens with zero attached hydrogens (tertiary/aromatic N) is 1. The highest BCUT2D eigenvalue weighted by Gasteiger charge is 2.46. The van der Waals surface area contributed by atoms with Crippen molar-refractivity contribution in [2.45, 2.75) is 113 Å². The van der Waals surface area contributed by atoms with Crippen LogP contribution in [-0.2, 0) is 24.0 Å². The third-order valence-electron chi connectivity index (χ3n) is 7.92. The minimum Gasteiger partial charge on any atom is -0.346 e. The first-order valence-corrected chi connectivity index (χ1v) is 15.5. The molecule has 0 radical (unpaired) electrons. The average molecular weight is 606 g/mol. The van der Waals surface area contributed by atoms with Gasteiger partial charge in [-0.15, -0.1) is 6.58 Å². The van der Waals surface area contributed by atoms with Crippen LogP contribution in [0.1, 0.15) is 88.5 Å². The molecule has 4 N–H and O–H groups in total. The SMILES string of the molecule is C=CCNC(=O)C(=O)C(CCC)NC(=O)[C@@H]1C[C@@H](C(C)C)CN1C(=O)[C@@H](NC(=O)N[C@H](C(=O)C(C)C)C(C)C)C(C)(C)C. The molecule has 1 heterocycles. The number of ketones is 2. The molecule has 0 aromatic heterocycles. The zero-order chi connectivity index (χ0) is 33.2. The van der Waals surface area contributed by atoms with Gasteiger partial charge in [-0.1, -0.05) is 81.7 Å². The fourth-order valence-electron chi connectivity index (χ4n) is 5.13. The largest absolute Gasteiger partial charge is 0.346 e. The van der Waals surface area contributed by atoms with E-state index in [1.165, 1.54) is 11.0 Å². The van der Waals surface area contributed by atoms with Gasteiger partial charge >= 0.3 is 6.03 Å². The van der Waals surface area contributed by atoms with Gasteiger partial charge in [-0.2, -0.15) is 0 Å². The van der Waals surface area contributed by atoms with Crippen LogP contribution in [0.4, 0.5) is 4.79 Å². The summed E-state index contributed by atoms with van der Waals surface area (Å²) in [5.41, 5.74) is -0.731. The molecule has 1 unspecified atom stereocenters. The maximum atomic E-state index is 14.1. The van der Waals surface area contributed by atoms with Gasteiger partial charge in [-0.3, -0.25) is 24.0 Å². The number of likely N-dealkylation sites (tertiary alicyclic amines) is 1. The van der Waals surface area contributed by atoms with Gasteiger partial charge in [0.05, 0.1) is 12.1 Å². The monoisotopic (exact) mass is 605 g/mol. The van der Waals surface area contributed by atoms with Crippen LogP contribution in [0.15, 0.2) is 12.7 Å². The van der Waals surface area contributed by atoms with Crippen molar-refractivity contribution in [1.82, 2.24) is 26.2 Å². The van der Waals surface area contributed by atoms with Crippen LogP contribution in [0.2, 0.25) is 0 Å². The fraction of sp³-hybridized carbons (Fsp3) is 0.750. The molecule has 43 heavy (non-hydrogen) atoms. The summed E-state index contributed by atoms with van der Waals surface area (Å²) in [7, 11) is 0. The van der Waals surface area contributed by atoms with E-state index in [1.54, 1.807) is 13.8 Å². The first kappa shape index (κ1) is 37.8. The van der Waals surface area contributed by atoms with E-state index in [2.05, 4.69) is 27.8 Å². The van der Waals surface area contributed by atoms with Gasteiger partial charge in [0.2, 0.25) is 17.6 Å². The highest BCUT2D eigenvalue weighted by molar-refractivity contribution is 6.38. The quantitative estimate of drug-likeness (QED) is 0.166. The van der Waals surface area contributed by atoms with Crippen molar-refractivity contribution in [2.75, 3.05) is 13.1 Å². The van der Waals surface area contributed by atoms with Gasteiger partial charge in [0.25, 0.3) is 5.91 Å². The van der Waals surface area contributed by atoms with E-state index < -0.39 is 59.1 Å². The van der Waals surface area contributed by atoms with E-state index >= 15 is 0 Å². The molecule has 244 valence electrons. The number of carbonyl (C=O) groups excluding carboxylic acids is 6. The Morgan fingerprint density at radius 2 is 1.56 bits per heavy atom. The Bertz CT molecular complexity index is 1030.